The first-order valence-electron chi connectivity index (χ1n) is 8.93. The second kappa shape index (κ2) is 7.31. The van der Waals surface area contributed by atoms with Crippen LogP contribution >= 0.6 is 0 Å². The lowest BCUT2D eigenvalue weighted by molar-refractivity contribution is -0.119. The molecule has 0 saturated heterocycles. The molecule has 1 aliphatic heterocycles. The van der Waals surface area contributed by atoms with Crippen LogP contribution < -0.4 is 4.90 Å². The maximum absolute atomic E-state index is 12.9. The smallest absolute Gasteiger partial charge is 0.335 e. The summed E-state index contributed by atoms with van der Waals surface area (Å²) in [5, 5.41) is 19.7. The average molecular weight is 379 g/mol. The summed E-state index contributed by atoms with van der Waals surface area (Å²) < 4.78 is 0. The molecule has 0 aliphatic carbocycles. The Bertz CT molecular complexity index is 988. The third kappa shape index (κ3) is 3.17. The molecule has 2 N–H and O–H groups in total. The fraction of sp³-hybridized carbons (Fsp3) is 0.227. The van der Waals surface area contributed by atoms with E-state index in [2.05, 4.69) is 0 Å². The molecule has 144 valence electrons. The summed E-state index contributed by atoms with van der Waals surface area (Å²) in [5.74, 6) is -3.02. The lowest BCUT2D eigenvalue weighted by Crippen LogP contribution is -2.31. The van der Waals surface area contributed by atoms with Gasteiger partial charge in [-0.15, -0.1) is 0 Å². The zero-order chi connectivity index (χ0) is 20.6. The molecule has 0 aromatic heterocycles. The van der Waals surface area contributed by atoms with Crippen LogP contribution in [0.3, 0.4) is 0 Å². The highest BCUT2D eigenvalue weighted by atomic mass is 16.4. The second-order valence-electron chi connectivity index (χ2n) is 7.07. The highest BCUT2D eigenvalue weighted by Crippen LogP contribution is 2.42. The van der Waals surface area contributed by atoms with Crippen LogP contribution in [-0.2, 0) is 9.59 Å². The largest absolute Gasteiger partial charge is 0.503 e. The molecule has 6 heteroatoms. The van der Waals surface area contributed by atoms with E-state index < -0.39 is 29.6 Å². The van der Waals surface area contributed by atoms with Crippen LogP contribution in [0.4, 0.5) is 5.69 Å². The maximum atomic E-state index is 12.9. The Kier molecular flexibility index (Phi) is 5.05. The van der Waals surface area contributed by atoms with Gasteiger partial charge < -0.3 is 10.2 Å². The topological polar surface area (TPSA) is 94.9 Å². The number of hydrogen-bond acceptors (Lipinski definition) is 4. The fourth-order valence-corrected chi connectivity index (χ4v) is 3.39. The number of anilines is 1. The molecule has 6 nitrogen and oxygen atoms in total. The minimum Gasteiger partial charge on any atom is -0.503 e. The summed E-state index contributed by atoms with van der Waals surface area (Å²) in [6.07, 6.45) is 0. The summed E-state index contributed by atoms with van der Waals surface area (Å²) in [5.41, 5.74) is 2.15. The first-order valence-corrected chi connectivity index (χ1v) is 8.93. The molecule has 2 aromatic rings. The van der Waals surface area contributed by atoms with Crippen LogP contribution in [0.5, 0.6) is 0 Å². The number of aryl methyl sites for hydroxylation is 1. The molecule has 0 unspecified atom stereocenters. The summed E-state index contributed by atoms with van der Waals surface area (Å²) in [4.78, 5) is 38.2. The highest BCUT2D eigenvalue weighted by molar-refractivity contribution is 6.17. The summed E-state index contributed by atoms with van der Waals surface area (Å²) in [6, 6.07) is 12.4. The second-order valence-corrected chi connectivity index (χ2v) is 7.07. The van der Waals surface area contributed by atoms with Crippen LogP contribution in [0.1, 0.15) is 41.4 Å². The van der Waals surface area contributed by atoms with Crippen molar-refractivity contribution in [1.29, 1.82) is 0 Å². The number of carboxylic acid groups (broad SMARTS) is 1. The summed E-state index contributed by atoms with van der Waals surface area (Å²) in [7, 11) is 0. The Labute approximate surface area is 162 Å². The molecule has 1 heterocycles. The van der Waals surface area contributed by atoms with Crippen LogP contribution in [0, 0.1) is 12.8 Å². The Morgan fingerprint density at radius 2 is 1.64 bits per heavy atom. The molecule has 1 atom stereocenters. The van der Waals surface area contributed by atoms with E-state index in [1.54, 1.807) is 13.8 Å². The Balaban J connectivity index is 2.18. The number of ketones is 1. The number of carbonyl (C=O) groups excluding carboxylic acids is 2. The Morgan fingerprint density at radius 3 is 2.18 bits per heavy atom. The van der Waals surface area contributed by atoms with Gasteiger partial charge in [-0.1, -0.05) is 38.1 Å². The zero-order valence-corrected chi connectivity index (χ0v) is 15.8. The third-order valence-corrected chi connectivity index (χ3v) is 4.87. The molecule has 1 aliphatic rings. The summed E-state index contributed by atoms with van der Waals surface area (Å²) in [6.45, 7) is 5.30. The van der Waals surface area contributed by atoms with Crippen molar-refractivity contribution < 1.29 is 24.6 Å². The lowest BCUT2D eigenvalue weighted by Gasteiger charge is -2.28. The molecular weight excluding hydrogens is 358 g/mol. The SMILES string of the molecule is Cc1ccccc1[C@@H]1C(C(=O)C(C)C)=C(O)C(=O)N1c1ccc(C(=O)O)cc1. The Morgan fingerprint density at radius 1 is 1.04 bits per heavy atom. The monoisotopic (exact) mass is 379 g/mol. The van der Waals surface area contributed by atoms with E-state index in [4.69, 9.17) is 5.11 Å². The van der Waals surface area contributed by atoms with E-state index in [1.165, 1.54) is 29.2 Å². The molecule has 0 spiro atoms. The zero-order valence-electron chi connectivity index (χ0n) is 15.8. The normalized spacial score (nSPS) is 16.8. The van der Waals surface area contributed by atoms with Gasteiger partial charge in [-0.2, -0.15) is 0 Å². The van der Waals surface area contributed by atoms with Crippen molar-refractivity contribution in [2.75, 3.05) is 4.90 Å². The van der Waals surface area contributed by atoms with Gasteiger partial charge in [0.15, 0.2) is 11.5 Å². The number of benzene rings is 2. The van der Waals surface area contributed by atoms with Crippen molar-refractivity contribution in [3.63, 3.8) is 0 Å². The van der Waals surface area contributed by atoms with E-state index in [1.807, 2.05) is 31.2 Å². The number of rotatable bonds is 5. The first kappa shape index (κ1) is 19.4. The van der Waals surface area contributed by atoms with E-state index in [0.29, 0.717) is 5.69 Å². The highest BCUT2D eigenvalue weighted by Gasteiger charge is 2.45. The van der Waals surface area contributed by atoms with E-state index in [9.17, 15) is 19.5 Å². The van der Waals surface area contributed by atoms with Crippen molar-refractivity contribution in [2.45, 2.75) is 26.8 Å². The van der Waals surface area contributed by atoms with Crippen molar-refractivity contribution >= 4 is 23.3 Å². The predicted octanol–water partition coefficient (Wildman–Crippen LogP) is 3.82. The predicted molar refractivity (Wildman–Crippen MR) is 104 cm³/mol. The van der Waals surface area contributed by atoms with Gasteiger partial charge in [-0.3, -0.25) is 14.5 Å². The van der Waals surface area contributed by atoms with Crippen LogP contribution in [-0.4, -0.2) is 27.9 Å². The number of carbonyl (C=O) groups is 3. The van der Waals surface area contributed by atoms with Crippen molar-refractivity contribution in [2.24, 2.45) is 5.92 Å². The molecule has 0 fully saturated rings. The quantitative estimate of drug-likeness (QED) is 0.823. The van der Waals surface area contributed by atoms with Gasteiger partial charge >= 0.3 is 5.97 Å². The molecule has 1 amide bonds. The van der Waals surface area contributed by atoms with Gasteiger partial charge in [0.25, 0.3) is 5.91 Å². The number of aliphatic hydroxyl groups excluding tert-OH is 1. The van der Waals surface area contributed by atoms with Gasteiger partial charge in [-0.25, -0.2) is 4.79 Å². The number of hydrogen-bond donors (Lipinski definition) is 2. The van der Waals surface area contributed by atoms with E-state index >= 15 is 0 Å². The maximum Gasteiger partial charge on any atom is 0.335 e. The van der Waals surface area contributed by atoms with Gasteiger partial charge in [0.2, 0.25) is 0 Å². The fourth-order valence-electron chi connectivity index (χ4n) is 3.39. The van der Waals surface area contributed by atoms with Gasteiger partial charge in [0.1, 0.15) is 0 Å². The number of Topliss-reactive ketones (excluding diaryl/α,β-unsaturated/α-hetero) is 1. The molecular formula is C22H21NO5. The summed E-state index contributed by atoms with van der Waals surface area (Å²) >= 11 is 0. The number of aromatic carboxylic acids is 1. The third-order valence-electron chi connectivity index (χ3n) is 4.87. The van der Waals surface area contributed by atoms with Crippen LogP contribution in [0.25, 0.3) is 0 Å². The minimum atomic E-state index is -1.08. The van der Waals surface area contributed by atoms with Gasteiger partial charge in [0.05, 0.1) is 17.2 Å². The molecule has 3 rings (SSSR count). The first-order chi connectivity index (χ1) is 13.2. The van der Waals surface area contributed by atoms with Gasteiger partial charge in [-0.05, 0) is 42.3 Å². The Hall–Kier alpha value is -3.41. The average Bonchev–Trinajstić information content (AvgIpc) is 2.92. The number of carboxylic acids is 1. The van der Waals surface area contributed by atoms with Crippen molar-refractivity contribution in [3.8, 4) is 0 Å². The number of amides is 1. The van der Waals surface area contributed by atoms with Gasteiger partial charge in [0, 0.05) is 11.6 Å². The standard InChI is InChI=1S/C22H21NO5/c1-12(2)19(24)17-18(16-7-5-4-6-13(16)3)23(21(26)20(17)25)15-10-8-14(9-11-15)22(27)28/h4-12,18,25H,1-3H3,(H,27,28)/t18-/m1/s1. The van der Waals surface area contributed by atoms with Crippen molar-refractivity contribution in [3.05, 3.63) is 76.6 Å². The molecule has 0 radical (unpaired) electrons. The molecule has 0 bridgehead atoms. The molecule has 28 heavy (non-hydrogen) atoms. The number of nitrogens with zero attached hydrogens (tertiary/aromatic N) is 1. The molecule has 0 saturated carbocycles. The molecule has 2 aromatic carbocycles. The van der Waals surface area contributed by atoms with Crippen LogP contribution in [0.15, 0.2) is 59.9 Å². The number of aliphatic hydroxyl groups is 1. The minimum absolute atomic E-state index is 0.0663. The van der Waals surface area contributed by atoms with E-state index in [0.717, 1.165) is 11.1 Å². The van der Waals surface area contributed by atoms with Crippen molar-refractivity contribution in [1.82, 2.24) is 0 Å². The van der Waals surface area contributed by atoms with Crippen LogP contribution in [0.2, 0.25) is 0 Å². The van der Waals surface area contributed by atoms with E-state index in [-0.39, 0.29) is 16.9 Å². The lowest BCUT2D eigenvalue weighted by atomic mass is 9.89.